The van der Waals surface area contributed by atoms with E-state index in [1.54, 1.807) is 0 Å². The van der Waals surface area contributed by atoms with Crippen molar-refractivity contribution in [2.75, 3.05) is 32.0 Å². The van der Waals surface area contributed by atoms with Crippen molar-refractivity contribution in [3.63, 3.8) is 0 Å². The highest BCUT2D eigenvalue weighted by molar-refractivity contribution is 5.78. The van der Waals surface area contributed by atoms with Gasteiger partial charge in [0.1, 0.15) is 0 Å². The SMILES string of the molecule is Nc1ccc2c(c1)CCCC2NC(=O)CC1(N2CCOCC2)CCCC1. The van der Waals surface area contributed by atoms with Crippen LogP contribution in [0.15, 0.2) is 18.2 Å². The Labute approximate surface area is 156 Å². The number of aryl methyl sites for hydroxylation is 1. The first kappa shape index (κ1) is 17.8. The molecule has 1 atom stereocenters. The maximum absolute atomic E-state index is 13.0. The van der Waals surface area contributed by atoms with Gasteiger partial charge in [0.2, 0.25) is 5.91 Å². The molecule has 0 radical (unpaired) electrons. The van der Waals surface area contributed by atoms with Crippen molar-refractivity contribution >= 4 is 11.6 Å². The normalized spacial score (nSPS) is 25.6. The Morgan fingerprint density at radius 1 is 1.23 bits per heavy atom. The Morgan fingerprint density at radius 3 is 2.77 bits per heavy atom. The summed E-state index contributed by atoms with van der Waals surface area (Å²) in [4.78, 5) is 15.5. The van der Waals surface area contributed by atoms with Crippen molar-refractivity contribution in [1.29, 1.82) is 0 Å². The van der Waals surface area contributed by atoms with E-state index in [0.29, 0.717) is 6.42 Å². The lowest BCUT2D eigenvalue weighted by Gasteiger charge is -2.43. The number of ether oxygens (including phenoxy) is 1. The van der Waals surface area contributed by atoms with Crippen molar-refractivity contribution in [2.45, 2.75) is 62.9 Å². The third-order valence-corrected chi connectivity index (χ3v) is 6.52. The number of hydrogen-bond acceptors (Lipinski definition) is 4. The van der Waals surface area contributed by atoms with Gasteiger partial charge in [0, 0.05) is 30.7 Å². The molecule has 1 saturated carbocycles. The van der Waals surface area contributed by atoms with Crippen LogP contribution in [0.5, 0.6) is 0 Å². The Hall–Kier alpha value is -1.59. The minimum atomic E-state index is 0.0481. The highest BCUT2D eigenvalue weighted by atomic mass is 16.5. The Bertz CT molecular complexity index is 649. The number of nitrogen functional groups attached to an aromatic ring is 1. The van der Waals surface area contributed by atoms with Crippen LogP contribution in [0.1, 0.15) is 62.1 Å². The first-order valence-corrected chi connectivity index (χ1v) is 10.2. The number of nitrogens with one attached hydrogen (secondary N) is 1. The first-order valence-electron chi connectivity index (χ1n) is 10.2. The summed E-state index contributed by atoms with van der Waals surface area (Å²) in [7, 11) is 0. The molecule has 1 saturated heterocycles. The lowest BCUT2D eigenvalue weighted by Crippen LogP contribution is -2.54. The molecule has 3 aliphatic rings. The van der Waals surface area contributed by atoms with Gasteiger partial charge in [-0.1, -0.05) is 18.9 Å². The smallest absolute Gasteiger partial charge is 0.222 e. The molecule has 3 N–H and O–H groups in total. The average molecular weight is 357 g/mol. The summed E-state index contributed by atoms with van der Waals surface area (Å²) in [6, 6.07) is 6.26. The number of carbonyl (C=O) groups is 1. The standard InChI is InChI=1S/C21H31N3O2/c22-17-6-7-18-16(14-17)4-3-5-19(18)23-20(25)15-21(8-1-2-9-21)24-10-12-26-13-11-24/h6-7,14,19H,1-5,8-13,15,22H2,(H,23,25). The monoisotopic (exact) mass is 357 g/mol. The van der Waals surface area contributed by atoms with E-state index in [0.717, 1.165) is 64.1 Å². The summed E-state index contributed by atoms with van der Waals surface area (Å²) >= 11 is 0. The van der Waals surface area contributed by atoms with E-state index in [4.69, 9.17) is 10.5 Å². The molecule has 26 heavy (non-hydrogen) atoms. The summed E-state index contributed by atoms with van der Waals surface area (Å²) in [5, 5.41) is 3.35. The lowest BCUT2D eigenvalue weighted by molar-refractivity contribution is -0.126. The number of rotatable bonds is 4. The molecule has 1 amide bonds. The molecule has 0 spiro atoms. The van der Waals surface area contributed by atoms with Crippen LogP contribution in [0.2, 0.25) is 0 Å². The number of amides is 1. The van der Waals surface area contributed by atoms with Gasteiger partial charge < -0.3 is 15.8 Å². The molecule has 2 aliphatic carbocycles. The number of hydrogen-bond donors (Lipinski definition) is 2. The van der Waals surface area contributed by atoms with Crippen LogP contribution in [0.4, 0.5) is 5.69 Å². The molecule has 0 aromatic heterocycles. The van der Waals surface area contributed by atoms with Crippen LogP contribution in [-0.4, -0.2) is 42.6 Å². The number of nitrogens with two attached hydrogens (primary N) is 1. The highest BCUT2D eigenvalue weighted by Crippen LogP contribution is 2.39. The van der Waals surface area contributed by atoms with Crippen LogP contribution < -0.4 is 11.1 Å². The molecule has 5 heteroatoms. The van der Waals surface area contributed by atoms with E-state index in [2.05, 4.69) is 22.3 Å². The quantitative estimate of drug-likeness (QED) is 0.813. The van der Waals surface area contributed by atoms with E-state index in [1.807, 2.05) is 6.07 Å². The first-order chi connectivity index (χ1) is 12.7. The number of anilines is 1. The average Bonchev–Trinajstić information content (AvgIpc) is 3.12. The Balaban J connectivity index is 1.45. The molecule has 1 aliphatic heterocycles. The van der Waals surface area contributed by atoms with Gasteiger partial charge in [-0.2, -0.15) is 0 Å². The topological polar surface area (TPSA) is 67.6 Å². The van der Waals surface area contributed by atoms with Crippen LogP contribution in [0, 0.1) is 0 Å². The van der Waals surface area contributed by atoms with Crippen molar-refractivity contribution in [3.8, 4) is 0 Å². The summed E-state index contributed by atoms with van der Waals surface area (Å²) in [5.74, 6) is 0.202. The Morgan fingerprint density at radius 2 is 2.00 bits per heavy atom. The van der Waals surface area contributed by atoms with Gasteiger partial charge in [0.05, 0.1) is 19.3 Å². The lowest BCUT2D eigenvalue weighted by atomic mass is 9.86. The van der Waals surface area contributed by atoms with E-state index in [9.17, 15) is 4.79 Å². The summed E-state index contributed by atoms with van der Waals surface area (Å²) in [6.45, 7) is 3.50. The molecule has 1 aromatic rings. The van der Waals surface area contributed by atoms with Gasteiger partial charge in [-0.15, -0.1) is 0 Å². The molecule has 4 rings (SSSR count). The summed E-state index contributed by atoms with van der Waals surface area (Å²) in [5.41, 5.74) is 9.35. The summed E-state index contributed by atoms with van der Waals surface area (Å²) < 4.78 is 5.53. The van der Waals surface area contributed by atoms with Gasteiger partial charge in [-0.05, 0) is 55.4 Å². The number of carbonyl (C=O) groups excluding carboxylic acids is 1. The van der Waals surface area contributed by atoms with Crippen LogP contribution in [0.25, 0.3) is 0 Å². The Kier molecular flexibility index (Phi) is 5.18. The van der Waals surface area contributed by atoms with Crippen LogP contribution in [0.3, 0.4) is 0 Å². The van der Waals surface area contributed by atoms with Crippen molar-refractivity contribution in [1.82, 2.24) is 10.2 Å². The number of nitrogens with zero attached hydrogens (tertiary/aromatic N) is 1. The van der Waals surface area contributed by atoms with Gasteiger partial charge in [-0.3, -0.25) is 9.69 Å². The maximum atomic E-state index is 13.0. The second-order valence-corrected chi connectivity index (χ2v) is 8.18. The van der Waals surface area contributed by atoms with Crippen molar-refractivity contribution in [2.24, 2.45) is 0 Å². The van der Waals surface area contributed by atoms with E-state index in [-0.39, 0.29) is 17.5 Å². The predicted octanol–water partition coefficient (Wildman–Crippen LogP) is 2.80. The molecule has 5 nitrogen and oxygen atoms in total. The molecule has 142 valence electrons. The van der Waals surface area contributed by atoms with E-state index < -0.39 is 0 Å². The molecule has 1 unspecified atom stereocenters. The van der Waals surface area contributed by atoms with E-state index in [1.165, 1.54) is 24.0 Å². The van der Waals surface area contributed by atoms with Crippen LogP contribution >= 0.6 is 0 Å². The zero-order chi connectivity index (χ0) is 18.0. The van der Waals surface area contributed by atoms with E-state index >= 15 is 0 Å². The molecule has 1 heterocycles. The van der Waals surface area contributed by atoms with Gasteiger partial charge in [0.15, 0.2) is 0 Å². The fourth-order valence-corrected chi connectivity index (χ4v) is 5.20. The highest BCUT2D eigenvalue weighted by Gasteiger charge is 2.42. The zero-order valence-electron chi connectivity index (χ0n) is 15.6. The van der Waals surface area contributed by atoms with Gasteiger partial charge in [-0.25, -0.2) is 0 Å². The van der Waals surface area contributed by atoms with Crippen LogP contribution in [-0.2, 0) is 16.0 Å². The molecule has 2 fully saturated rings. The number of morpholine rings is 1. The molecular formula is C21H31N3O2. The number of benzene rings is 1. The van der Waals surface area contributed by atoms with Crippen molar-refractivity contribution < 1.29 is 9.53 Å². The zero-order valence-corrected chi connectivity index (χ0v) is 15.6. The molecule has 1 aromatic carbocycles. The third kappa shape index (κ3) is 3.60. The maximum Gasteiger partial charge on any atom is 0.222 e. The number of fused-ring (bicyclic) bond motifs is 1. The largest absolute Gasteiger partial charge is 0.399 e. The molecule has 0 bridgehead atoms. The third-order valence-electron chi connectivity index (χ3n) is 6.52. The van der Waals surface area contributed by atoms with Crippen molar-refractivity contribution in [3.05, 3.63) is 29.3 Å². The molecular weight excluding hydrogens is 326 g/mol. The second-order valence-electron chi connectivity index (χ2n) is 8.18. The minimum Gasteiger partial charge on any atom is -0.399 e. The fraction of sp³-hybridized carbons (Fsp3) is 0.667. The van der Waals surface area contributed by atoms with Gasteiger partial charge in [0.25, 0.3) is 0 Å². The predicted molar refractivity (Wildman–Crippen MR) is 103 cm³/mol. The fourth-order valence-electron chi connectivity index (χ4n) is 5.20. The summed E-state index contributed by atoms with van der Waals surface area (Å²) in [6.07, 6.45) is 8.55. The minimum absolute atomic E-state index is 0.0481. The van der Waals surface area contributed by atoms with Gasteiger partial charge >= 0.3 is 0 Å². The second kappa shape index (κ2) is 7.57.